The zero-order valence-corrected chi connectivity index (χ0v) is 19.5. The van der Waals surface area contributed by atoms with Crippen molar-refractivity contribution in [3.8, 4) is 5.75 Å². The molecule has 0 aliphatic carbocycles. The second kappa shape index (κ2) is 9.50. The maximum Gasteiger partial charge on any atom is 0.294 e. The van der Waals surface area contributed by atoms with Crippen LogP contribution in [0.1, 0.15) is 23.6 Å². The Morgan fingerprint density at radius 1 is 1.09 bits per heavy atom. The third kappa shape index (κ3) is 4.78. The van der Waals surface area contributed by atoms with Crippen LogP contribution in [0.4, 0.5) is 10.5 Å². The van der Waals surface area contributed by atoms with Gasteiger partial charge in [0.25, 0.3) is 11.1 Å². The topological polar surface area (TPSA) is 75.7 Å². The van der Waals surface area contributed by atoms with Crippen LogP contribution in [-0.2, 0) is 9.59 Å². The van der Waals surface area contributed by atoms with Gasteiger partial charge >= 0.3 is 0 Å². The Labute approximate surface area is 196 Å². The first kappa shape index (κ1) is 22.6. The van der Waals surface area contributed by atoms with Crippen molar-refractivity contribution in [2.75, 3.05) is 18.5 Å². The van der Waals surface area contributed by atoms with Crippen molar-refractivity contribution in [3.63, 3.8) is 0 Å². The van der Waals surface area contributed by atoms with E-state index >= 15 is 0 Å². The van der Waals surface area contributed by atoms with Gasteiger partial charge in [-0.25, -0.2) is 0 Å². The molecule has 33 heavy (non-hydrogen) atoms. The summed E-state index contributed by atoms with van der Waals surface area (Å²) in [5, 5.41) is 4.23. The smallest absolute Gasteiger partial charge is 0.294 e. The van der Waals surface area contributed by atoms with Crippen molar-refractivity contribution in [1.82, 2.24) is 4.90 Å². The van der Waals surface area contributed by atoms with Crippen molar-refractivity contribution < 1.29 is 19.1 Å². The Balaban J connectivity index is 1.58. The molecule has 168 valence electrons. The van der Waals surface area contributed by atoms with E-state index in [1.54, 1.807) is 6.08 Å². The number of rotatable bonds is 6. The first-order valence-corrected chi connectivity index (χ1v) is 11.5. The van der Waals surface area contributed by atoms with Gasteiger partial charge in [-0.15, -0.1) is 0 Å². The molecule has 0 radical (unpaired) electrons. The van der Waals surface area contributed by atoms with Gasteiger partial charge in [0.05, 0.1) is 11.5 Å². The quantitative estimate of drug-likeness (QED) is 0.490. The molecular formula is C26H24N2O4S. The third-order valence-corrected chi connectivity index (χ3v) is 6.24. The molecule has 0 saturated carbocycles. The van der Waals surface area contributed by atoms with E-state index in [1.165, 1.54) is 0 Å². The molecule has 3 aromatic carbocycles. The standard InChI is InChI=1S/C26H24N2O4S/c1-4-32-22-12-10-18-7-5-6-8-19(18)20(22)14-23-25(30)28(26(31)33-23)15-24(29)27-21-11-9-16(2)13-17(21)3/h5-14H,4,15H2,1-3H3,(H,27,29)/b23-14+. The Morgan fingerprint density at radius 2 is 1.88 bits per heavy atom. The molecule has 1 aliphatic rings. The molecule has 1 aliphatic heterocycles. The summed E-state index contributed by atoms with van der Waals surface area (Å²) < 4.78 is 5.77. The first-order chi connectivity index (χ1) is 15.9. The van der Waals surface area contributed by atoms with Crippen molar-refractivity contribution in [1.29, 1.82) is 0 Å². The van der Waals surface area contributed by atoms with Crippen LogP contribution >= 0.6 is 11.8 Å². The fraction of sp³-hybridized carbons (Fsp3) is 0.192. The molecule has 3 amide bonds. The van der Waals surface area contributed by atoms with Gasteiger partial charge in [-0.1, -0.05) is 48.0 Å². The van der Waals surface area contributed by atoms with Crippen LogP contribution in [-0.4, -0.2) is 35.1 Å². The number of thioether (sulfide) groups is 1. The largest absolute Gasteiger partial charge is 0.493 e. The molecule has 3 aromatic rings. The number of hydrogen-bond donors (Lipinski definition) is 1. The molecule has 1 N–H and O–H groups in total. The highest BCUT2D eigenvalue weighted by Gasteiger charge is 2.36. The van der Waals surface area contributed by atoms with E-state index in [1.807, 2.05) is 75.4 Å². The van der Waals surface area contributed by atoms with Crippen molar-refractivity contribution in [3.05, 3.63) is 76.2 Å². The fourth-order valence-electron chi connectivity index (χ4n) is 3.76. The van der Waals surface area contributed by atoms with Gasteiger partial charge in [0.1, 0.15) is 12.3 Å². The SMILES string of the molecule is CCOc1ccc2ccccc2c1/C=C1/SC(=O)N(CC(=O)Nc2ccc(C)cc2C)C1=O. The van der Waals surface area contributed by atoms with E-state index in [0.29, 0.717) is 18.0 Å². The van der Waals surface area contributed by atoms with Gasteiger partial charge in [0.15, 0.2) is 0 Å². The van der Waals surface area contributed by atoms with Crippen molar-refractivity contribution in [2.45, 2.75) is 20.8 Å². The Kier molecular flexibility index (Phi) is 6.51. The van der Waals surface area contributed by atoms with E-state index < -0.39 is 17.1 Å². The molecule has 0 atom stereocenters. The minimum absolute atomic E-state index is 0.261. The number of hydrogen-bond acceptors (Lipinski definition) is 5. The highest BCUT2D eigenvalue weighted by Crippen LogP contribution is 2.36. The van der Waals surface area contributed by atoms with E-state index in [-0.39, 0.29) is 11.4 Å². The lowest BCUT2D eigenvalue weighted by atomic mass is 10.0. The zero-order valence-electron chi connectivity index (χ0n) is 18.7. The molecule has 1 heterocycles. The molecule has 0 unspecified atom stereocenters. The number of nitrogens with one attached hydrogen (secondary N) is 1. The summed E-state index contributed by atoms with van der Waals surface area (Å²) in [5.74, 6) is -0.280. The predicted molar refractivity (Wildman–Crippen MR) is 132 cm³/mol. The lowest BCUT2D eigenvalue weighted by Crippen LogP contribution is -2.36. The summed E-state index contributed by atoms with van der Waals surface area (Å²) in [5.41, 5.74) is 3.39. The lowest BCUT2D eigenvalue weighted by Gasteiger charge is -2.14. The van der Waals surface area contributed by atoms with Gasteiger partial charge in [0, 0.05) is 11.3 Å². The van der Waals surface area contributed by atoms with Gasteiger partial charge in [-0.05, 0) is 67.1 Å². The van der Waals surface area contributed by atoms with Crippen LogP contribution in [0.2, 0.25) is 0 Å². The highest BCUT2D eigenvalue weighted by atomic mass is 32.2. The number of benzene rings is 3. The minimum Gasteiger partial charge on any atom is -0.493 e. The molecule has 4 rings (SSSR count). The van der Waals surface area contributed by atoms with Gasteiger partial charge < -0.3 is 10.1 Å². The summed E-state index contributed by atoms with van der Waals surface area (Å²) in [7, 11) is 0. The van der Waals surface area contributed by atoms with Crippen LogP contribution in [0, 0.1) is 13.8 Å². The molecule has 7 heteroatoms. The zero-order chi connectivity index (χ0) is 23.5. The molecule has 6 nitrogen and oxygen atoms in total. The van der Waals surface area contributed by atoms with Gasteiger partial charge in [0.2, 0.25) is 5.91 Å². The van der Waals surface area contributed by atoms with Crippen LogP contribution < -0.4 is 10.1 Å². The first-order valence-electron chi connectivity index (χ1n) is 10.6. The number of imide groups is 1. The molecule has 0 spiro atoms. The summed E-state index contributed by atoms with van der Waals surface area (Å²) in [6.07, 6.45) is 1.68. The predicted octanol–water partition coefficient (Wildman–Crippen LogP) is 5.53. The number of aryl methyl sites for hydroxylation is 2. The van der Waals surface area contributed by atoms with E-state index in [9.17, 15) is 14.4 Å². The summed E-state index contributed by atoms with van der Waals surface area (Å²) in [4.78, 5) is 39.4. The fourth-order valence-corrected chi connectivity index (χ4v) is 4.58. The number of carbonyl (C=O) groups is 3. The molecule has 1 fully saturated rings. The maximum absolute atomic E-state index is 13.0. The van der Waals surface area contributed by atoms with E-state index in [0.717, 1.165) is 44.1 Å². The number of anilines is 1. The number of carbonyl (C=O) groups excluding carboxylic acids is 3. The van der Waals surface area contributed by atoms with E-state index in [4.69, 9.17) is 4.74 Å². The second-order valence-electron chi connectivity index (χ2n) is 7.77. The lowest BCUT2D eigenvalue weighted by molar-refractivity contribution is -0.127. The maximum atomic E-state index is 13.0. The second-order valence-corrected chi connectivity index (χ2v) is 8.76. The Bertz CT molecular complexity index is 1300. The number of amides is 3. The number of ether oxygens (including phenoxy) is 1. The molecular weight excluding hydrogens is 436 g/mol. The van der Waals surface area contributed by atoms with Crippen molar-refractivity contribution in [2.24, 2.45) is 0 Å². The summed E-state index contributed by atoms with van der Waals surface area (Å²) in [6.45, 7) is 5.88. The normalized spacial score (nSPS) is 14.9. The van der Waals surface area contributed by atoms with Crippen LogP contribution in [0.5, 0.6) is 5.75 Å². The highest BCUT2D eigenvalue weighted by molar-refractivity contribution is 8.18. The number of nitrogens with zero attached hydrogens (tertiary/aromatic N) is 1. The van der Waals surface area contributed by atoms with Gasteiger partial charge in [-0.2, -0.15) is 0 Å². The van der Waals surface area contributed by atoms with Crippen LogP contribution in [0.25, 0.3) is 16.8 Å². The average molecular weight is 461 g/mol. The number of fused-ring (bicyclic) bond motifs is 1. The average Bonchev–Trinajstić information content (AvgIpc) is 3.04. The van der Waals surface area contributed by atoms with Crippen molar-refractivity contribution >= 4 is 51.4 Å². The Morgan fingerprint density at radius 3 is 2.64 bits per heavy atom. The van der Waals surface area contributed by atoms with Gasteiger partial charge in [-0.3, -0.25) is 19.3 Å². The van der Waals surface area contributed by atoms with Crippen LogP contribution in [0.15, 0.2) is 59.5 Å². The summed E-state index contributed by atoms with van der Waals surface area (Å²) in [6, 6.07) is 17.3. The van der Waals surface area contributed by atoms with Crippen LogP contribution in [0.3, 0.4) is 0 Å². The molecule has 1 saturated heterocycles. The van der Waals surface area contributed by atoms with E-state index in [2.05, 4.69) is 5.32 Å². The molecule has 0 aromatic heterocycles. The summed E-state index contributed by atoms with van der Waals surface area (Å²) >= 11 is 0.828. The Hall–Kier alpha value is -3.58. The monoisotopic (exact) mass is 460 g/mol. The molecule has 0 bridgehead atoms. The third-order valence-electron chi connectivity index (χ3n) is 5.34. The minimum atomic E-state index is -0.490.